The van der Waals surface area contributed by atoms with Crippen LogP contribution in [0.3, 0.4) is 0 Å². The molecule has 6 atom stereocenters. The first-order chi connectivity index (χ1) is 24.0. The van der Waals surface area contributed by atoms with Gasteiger partial charge in [0.1, 0.15) is 54.4 Å². The molecule has 8 N–H and O–H groups in total. The maximum atomic E-state index is 13.6. The smallest absolute Gasteiger partial charge is 0.322 e. The molecule has 294 valence electrons. The lowest BCUT2D eigenvalue weighted by Gasteiger charge is -2.29. The number of ketones is 2. The SMILES string of the molecule is CC(=O)CC[C@H](NC(=O)[C@H](C)NC(C)=O)C(=O)N[C@@H](CC(C)=O)C(=O)N[C@@H](CC(C)C)C(=O)N[C@H](C(=O)N[C@H](C(=O)NCC(=O)O)C(C)C)C(C)C. The highest BCUT2D eigenvalue weighted by molar-refractivity contribution is 5.98. The van der Waals surface area contributed by atoms with Crippen LogP contribution in [0.4, 0.5) is 0 Å². The van der Waals surface area contributed by atoms with Crippen LogP contribution in [0.2, 0.25) is 0 Å². The van der Waals surface area contributed by atoms with Crippen LogP contribution in [0.15, 0.2) is 0 Å². The van der Waals surface area contributed by atoms with Gasteiger partial charge in [0.2, 0.25) is 41.4 Å². The van der Waals surface area contributed by atoms with Crippen molar-refractivity contribution in [3.63, 3.8) is 0 Å². The Hall–Kier alpha value is -4.90. The fourth-order valence-corrected chi connectivity index (χ4v) is 4.87. The number of carbonyl (C=O) groups is 10. The van der Waals surface area contributed by atoms with Crippen molar-refractivity contribution in [2.45, 2.75) is 131 Å². The summed E-state index contributed by atoms with van der Waals surface area (Å²) < 4.78 is 0. The minimum absolute atomic E-state index is 0.0787. The second kappa shape index (κ2) is 22.8. The Morgan fingerprint density at radius 1 is 0.519 bits per heavy atom. The van der Waals surface area contributed by atoms with E-state index in [-0.39, 0.29) is 31.0 Å². The van der Waals surface area contributed by atoms with E-state index < -0.39 is 114 Å². The van der Waals surface area contributed by atoms with Gasteiger partial charge in [-0.05, 0) is 51.4 Å². The molecule has 0 bridgehead atoms. The second-order valence-corrected chi connectivity index (χ2v) is 14.0. The van der Waals surface area contributed by atoms with Crippen molar-refractivity contribution in [3.05, 3.63) is 0 Å². The summed E-state index contributed by atoms with van der Waals surface area (Å²) in [6.07, 6.45) is -0.664. The third kappa shape index (κ3) is 18.4. The predicted octanol–water partition coefficient (Wildman–Crippen LogP) is -1.16. The zero-order valence-corrected chi connectivity index (χ0v) is 31.8. The highest BCUT2D eigenvalue weighted by Gasteiger charge is 2.35. The number of Topliss-reactive ketones (excluding diaryl/α,β-unsaturated/α-hetero) is 2. The number of amides is 7. The molecule has 0 aliphatic carbocycles. The lowest BCUT2D eigenvalue weighted by molar-refractivity contribution is -0.139. The Kier molecular flexibility index (Phi) is 20.7. The standard InChI is InChI=1S/C34H57N7O11/c1-16(2)13-24(32(50)40-28(18(5)6)34(52)41-27(17(3)4)33(51)35-15-26(45)46)38-31(49)25(14-20(8)43)39-30(48)23(12-11-19(7)42)37-29(47)21(9)36-22(10)44/h16-18,21,23-25,27-28H,11-15H2,1-10H3,(H,35,51)(H,36,44)(H,37,47)(H,38,49)(H,39,48)(H,40,50)(H,41,52)(H,45,46)/t21-,23-,24-,25-,27-,28-/m0/s1. The van der Waals surface area contributed by atoms with Crippen molar-refractivity contribution in [2.24, 2.45) is 17.8 Å². The molecule has 0 radical (unpaired) electrons. The molecule has 0 saturated heterocycles. The van der Waals surface area contributed by atoms with Gasteiger partial charge >= 0.3 is 5.97 Å². The number of aliphatic carboxylic acids is 1. The lowest BCUT2D eigenvalue weighted by Crippen LogP contribution is -2.61. The van der Waals surface area contributed by atoms with E-state index in [4.69, 9.17) is 5.11 Å². The van der Waals surface area contributed by atoms with Crippen LogP contribution in [0.5, 0.6) is 0 Å². The molecule has 7 amide bonds. The molecule has 0 spiro atoms. The lowest BCUT2D eigenvalue weighted by atomic mass is 9.98. The monoisotopic (exact) mass is 739 g/mol. The topological polar surface area (TPSA) is 275 Å². The maximum Gasteiger partial charge on any atom is 0.322 e. The first-order valence-electron chi connectivity index (χ1n) is 17.2. The van der Waals surface area contributed by atoms with Crippen LogP contribution in [0.25, 0.3) is 0 Å². The van der Waals surface area contributed by atoms with E-state index in [1.165, 1.54) is 27.7 Å². The van der Waals surface area contributed by atoms with Gasteiger partial charge in [0, 0.05) is 19.8 Å². The Bertz CT molecular complexity index is 1330. The average Bonchev–Trinajstić information content (AvgIpc) is 3.00. The van der Waals surface area contributed by atoms with Crippen molar-refractivity contribution in [2.75, 3.05) is 6.54 Å². The van der Waals surface area contributed by atoms with Gasteiger partial charge in [-0.1, -0.05) is 41.5 Å². The van der Waals surface area contributed by atoms with E-state index in [0.29, 0.717) is 0 Å². The summed E-state index contributed by atoms with van der Waals surface area (Å²) in [6.45, 7) is 14.5. The number of rotatable bonds is 23. The van der Waals surface area contributed by atoms with Gasteiger partial charge < -0.3 is 47.1 Å². The number of hydrogen-bond donors (Lipinski definition) is 8. The third-order valence-electron chi connectivity index (χ3n) is 7.60. The highest BCUT2D eigenvalue weighted by Crippen LogP contribution is 2.11. The zero-order chi connectivity index (χ0) is 40.5. The molecule has 18 heteroatoms. The average molecular weight is 740 g/mol. The van der Waals surface area contributed by atoms with Gasteiger partial charge in [-0.25, -0.2) is 0 Å². The van der Waals surface area contributed by atoms with Crippen LogP contribution in [0, 0.1) is 17.8 Å². The molecule has 0 heterocycles. The van der Waals surface area contributed by atoms with Crippen molar-refractivity contribution in [3.8, 4) is 0 Å². The molecule has 0 aromatic carbocycles. The second-order valence-electron chi connectivity index (χ2n) is 14.0. The molecule has 0 aliphatic rings. The summed E-state index contributed by atoms with van der Waals surface area (Å²) >= 11 is 0. The normalized spacial score (nSPS) is 14.5. The maximum absolute atomic E-state index is 13.6. The van der Waals surface area contributed by atoms with Crippen molar-refractivity contribution in [1.29, 1.82) is 0 Å². The van der Waals surface area contributed by atoms with Gasteiger partial charge in [0.15, 0.2) is 0 Å². The quantitative estimate of drug-likeness (QED) is 0.0619. The summed E-state index contributed by atoms with van der Waals surface area (Å²) in [5.41, 5.74) is 0. The Balaban J connectivity index is 6.19. The van der Waals surface area contributed by atoms with Gasteiger partial charge in [-0.3, -0.25) is 43.2 Å². The molecule has 52 heavy (non-hydrogen) atoms. The van der Waals surface area contributed by atoms with Crippen LogP contribution in [0.1, 0.15) is 94.9 Å². The van der Waals surface area contributed by atoms with Gasteiger partial charge in [0.05, 0.1) is 0 Å². The van der Waals surface area contributed by atoms with E-state index in [9.17, 15) is 47.9 Å². The molecular weight excluding hydrogens is 682 g/mol. The van der Waals surface area contributed by atoms with Crippen LogP contribution in [-0.2, 0) is 47.9 Å². The molecule has 0 fully saturated rings. The molecule has 0 aromatic rings. The third-order valence-corrected chi connectivity index (χ3v) is 7.60. The zero-order valence-electron chi connectivity index (χ0n) is 31.8. The Labute approximate surface area is 304 Å². The minimum atomic E-state index is -1.50. The number of carboxylic acid groups (broad SMARTS) is 1. The molecular formula is C34H57N7O11. The molecule has 0 unspecified atom stereocenters. The van der Waals surface area contributed by atoms with E-state index >= 15 is 0 Å². The number of carboxylic acids is 1. The number of nitrogens with one attached hydrogen (secondary N) is 7. The first kappa shape index (κ1) is 47.1. The first-order valence-corrected chi connectivity index (χ1v) is 17.2. The van der Waals surface area contributed by atoms with E-state index in [0.717, 1.165) is 0 Å². The van der Waals surface area contributed by atoms with E-state index in [2.05, 4.69) is 37.2 Å². The molecule has 0 saturated carbocycles. The van der Waals surface area contributed by atoms with Crippen molar-refractivity contribution < 1.29 is 53.1 Å². The summed E-state index contributed by atoms with van der Waals surface area (Å²) in [5, 5.41) is 26.1. The number of hydrogen-bond acceptors (Lipinski definition) is 10. The molecule has 0 rings (SSSR count). The van der Waals surface area contributed by atoms with Crippen molar-refractivity contribution in [1.82, 2.24) is 37.2 Å². The van der Waals surface area contributed by atoms with Gasteiger partial charge in [0.25, 0.3) is 0 Å². The Morgan fingerprint density at radius 2 is 0.981 bits per heavy atom. The van der Waals surface area contributed by atoms with Crippen LogP contribution >= 0.6 is 0 Å². The predicted molar refractivity (Wildman–Crippen MR) is 188 cm³/mol. The van der Waals surface area contributed by atoms with Crippen LogP contribution < -0.4 is 37.2 Å². The number of carbonyl (C=O) groups excluding carboxylic acids is 9. The Morgan fingerprint density at radius 3 is 1.44 bits per heavy atom. The van der Waals surface area contributed by atoms with Crippen LogP contribution in [-0.4, -0.2) is 107 Å². The summed E-state index contributed by atoms with van der Waals surface area (Å²) in [5.74, 6) is -8.40. The molecule has 18 nitrogen and oxygen atoms in total. The minimum Gasteiger partial charge on any atom is -0.480 e. The van der Waals surface area contributed by atoms with E-state index in [1.807, 2.05) is 0 Å². The van der Waals surface area contributed by atoms with Gasteiger partial charge in [-0.2, -0.15) is 0 Å². The van der Waals surface area contributed by atoms with Crippen molar-refractivity contribution >= 4 is 58.9 Å². The largest absolute Gasteiger partial charge is 0.480 e. The fraction of sp³-hybridized carbons (Fsp3) is 0.706. The summed E-state index contributed by atoms with van der Waals surface area (Å²) in [4.78, 5) is 125. The fourth-order valence-electron chi connectivity index (χ4n) is 4.87. The molecule has 0 aliphatic heterocycles. The van der Waals surface area contributed by atoms with Gasteiger partial charge in [-0.15, -0.1) is 0 Å². The summed E-state index contributed by atoms with van der Waals surface area (Å²) in [7, 11) is 0. The van der Waals surface area contributed by atoms with E-state index in [1.54, 1.807) is 41.5 Å². The highest BCUT2D eigenvalue weighted by atomic mass is 16.4. The molecule has 0 aromatic heterocycles. The summed E-state index contributed by atoms with van der Waals surface area (Å²) in [6, 6.07) is -7.41.